The van der Waals surface area contributed by atoms with Gasteiger partial charge in [0.25, 0.3) is 0 Å². The first-order chi connectivity index (χ1) is 8.18. The summed E-state index contributed by atoms with van der Waals surface area (Å²) in [5, 5.41) is 12.4. The molecule has 0 aromatic heterocycles. The molecule has 0 heterocycles. The summed E-state index contributed by atoms with van der Waals surface area (Å²) in [6.45, 7) is 2.21. The van der Waals surface area contributed by atoms with Crippen molar-refractivity contribution in [1.29, 1.82) is 5.26 Å². The number of carbonyl (C=O) groups excluding carboxylic acids is 1. The number of hydrogen-bond acceptors (Lipinski definition) is 2. The monoisotopic (exact) mass is 234 g/mol. The van der Waals surface area contributed by atoms with E-state index in [9.17, 15) is 10.1 Å². The topological polar surface area (TPSA) is 52.9 Å². The van der Waals surface area contributed by atoms with Crippen LogP contribution in [0.4, 0.5) is 0 Å². The minimum Gasteiger partial charge on any atom is -0.352 e. The maximum Gasteiger partial charge on any atom is 0.240 e. The third kappa shape index (κ3) is 2.46. The van der Waals surface area contributed by atoms with Gasteiger partial charge in [0, 0.05) is 6.04 Å². The lowest BCUT2D eigenvalue weighted by Crippen LogP contribution is -2.47. The maximum absolute atomic E-state index is 12.3. The molecule has 2 aliphatic rings. The summed E-state index contributed by atoms with van der Waals surface area (Å²) in [4.78, 5) is 12.3. The van der Waals surface area contributed by atoms with Crippen molar-refractivity contribution >= 4 is 5.91 Å². The molecule has 0 spiro atoms. The maximum atomic E-state index is 12.3. The molecule has 2 fully saturated rings. The second kappa shape index (κ2) is 5.08. The average molecular weight is 234 g/mol. The van der Waals surface area contributed by atoms with E-state index in [1.807, 2.05) is 0 Å². The second-order valence-electron chi connectivity index (χ2n) is 5.74. The highest BCUT2D eigenvalue weighted by Gasteiger charge is 2.42. The summed E-state index contributed by atoms with van der Waals surface area (Å²) in [7, 11) is 0. The van der Waals surface area contributed by atoms with Crippen molar-refractivity contribution in [2.75, 3.05) is 0 Å². The summed E-state index contributed by atoms with van der Waals surface area (Å²) >= 11 is 0. The zero-order chi connectivity index (χ0) is 12.3. The van der Waals surface area contributed by atoms with Gasteiger partial charge in [-0.25, -0.2) is 0 Å². The molecule has 94 valence electrons. The van der Waals surface area contributed by atoms with Crippen LogP contribution in [0.15, 0.2) is 0 Å². The van der Waals surface area contributed by atoms with E-state index in [1.54, 1.807) is 0 Å². The molecule has 0 aromatic carbocycles. The number of nitrogens with zero attached hydrogens (tertiary/aromatic N) is 1. The third-order valence-electron chi connectivity index (χ3n) is 4.53. The van der Waals surface area contributed by atoms with E-state index in [2.05, 4.69) is 18.3 Å². The van der Waals surface area contributed by atoms with Crippen LogP contribution in [0.1, 0.15) is 58.3 Å². The molecular weight excluding hydrogens is 212 g/mol. The fraction of sp³-hybridized carbons (Fsp3) is 0.857. The normalized spacial score (nSPS) is 31.8. The number of nitrogens with one attached hydrogen (secondary N) is 1. The number of nitriles is 1. The van der Waals surface area contributed by atoms with E-state index >= 15 is 0 Å². The van der Waals surface area contributed by atoms with Crippen LogP contribution in [-0.2, 0) is 4.79 Å². The van der Waals surface area contributed by atoms with Crippen molar-refractivity contribution in [3.63, 3.8) is 0 Å². The lowest BCUT2D eigenvalue weighted by atomic mass is 9.83. The smallest absolute Gasteiger partial charge is 0.240 e. The standard InChI is InChI=1S/C14H22N2O/c1-11-6-2-3-7-12(11)16-13(17)14(10-15)8-4-5-9-14/h11-12H,2-9H2,1H3,(H,16,17). The summed E-state index contributed by atoms with van der Waals surface area (Å²) in [6, 6.07) is 2.56. The van der Waals surface area contributed by atoms with Crippen molar-refractivity contribution in [2.45, 2.75) is 64.3 Å². The Labute approximate surface area is 104 Å². The number of amides is 1. The van der Waals surface area contributed by atoms with Gasteiger partial charge in [0.1, 0.15) is 5.41 Å². The fourth-order valence-corrected chi connectivity index (χ4v) is 3.21. The van der Waals surface area contributed by atoms with Gasteiger partial charge in [-0.05, 0) is 31.6 Å². The van der Waals surface area contributed by atoms with Crippen molar-refractivity contribution in [2.24, 2.45) is 11.3 Å². The Morgan fingerprint density at radius 2 is 1.88 bits per heavy atom. The lowest BCUT2D eigenvalue weighted by molar-refractivity contribution is -0.129. The van der Waals surface area contributed by atoms with Gasteiger partial charge in [-0.2, -0.15) is 5.26 Å². The molecule has 1 amide bonds. The summed E-state index contributed by atoms with van der Waals surface area (Å²) in [5.41, 5.74) is -0.711. The first-order valence-corrected chi connectivity index (χ1v) is 6.90. The molecule has 2 atom stereocenters. The molecule has 3 heteroatoms. The van der Waals surface area contributed by atoms with Crippen LogP contribution in [0.25, 0.3) is 0 Å². The quantitative estimate of drug-likeness (QED) is 0.798. The first kappa shape index (κ1) is 12.4. The Hall–Kier alpha value is -1.04. The summed E-state index contributed by atoms with van der Waals surface area (Å²) in [6.07, 6.45) is 8.28. The highest BCUT2D eigenvalue weighted by atomic mass is 16.2. The third-order valence-corrected chi connectivity index (χ3v) is 4.53. The predicted octanol–water partition coefficient (Wildman–Crippen LogP) is 2.77. The zero-order valence-electron chi connectivity index (χ0n) is 10.7. The van der Waals surface area contributed by atoms with Gasteiger partial charge < -0.3 is 5.32 Å². The Morgan fingerprint density at radius 3 is 2.47 bits per heavy atom. The van der Waals surface area contributed by atoms with Crippen molar-refractivity contribution in [3.05, 3.63) is 0 Å². The van der Waals surface area contributed by atoms with Crippen LogP contribution in [0.3, 0.4) is 0 Å². The van der Waals surface area contributed by atoms with Crippen molar-refractivity contribution in [1.82, 2.24) is 5.32 Å². The SMILES string of the molecule is CC1CCCCC1NC(=O)C1(C#N)CCCC1. The van der Waals surface area contributed by atoms with E-state index < -0.39 is 5.41 Å². The number of carbonyl (C=O) groups is 1. The van der Waals surface area contributed by atoms with E-state index in [0.717, 1.165) is 32.1 Å². The van der Waals surface area contributed by atoms with Crippen LogP contribution in [-0.4, -0.2) is 11.9 Å². The molecule has 17 heavy (non-hydrogen) atoms. The molecule has 2 saturated carbocycles. The van der Waals surface area contributed by atoms with Gasteiger partial charge in [-0.15, -0.1) is 0 Å². The van der Waals surface area contributed by atoms with Crippen LogP contribution < -0.4 is 5.32 Å². The summed E-state index contributed by atoms with van der Waals surface area (Å²) in [5.74, 6) is 0.557. The van der Waals surface area contributed by atoms with E-state index in [-0.39, 0.29) is 5.91 Å². The zero-order valence-corrected chi connectivity index (χ0v) is 10.7. The molecule has 2 rings (SSSR count). The highest BCUT2D eigenvalue weighted by Crippen LogP contribution is 2.38. The molecule has 0 radical (unpaired) electrons. The first-order valence-electron chi connectivity index (χ1n) is 6.90. The van der Waals surface area contributed by atoms with Crippen molar-refractivity contribution < 1.29 is 4.79 Å². The van der Waals surface area contributed by atoms with E-state index in [1.165, 1.54) is 19.3 Å². The van der Waals surface area contributed by atoms with Crippen LogP contribution in [0.2, 0.25) is 0 Å². The van der Waals surface area contributed by atoms with Gasteiger partial charge in [-0.1, -0.05) is 32.6 Å². The Bertz CT molecular complexity index is 326. The number of rotatable bonds is 2. The van der Waals surface area contributed by atoms with Gasteiger partial charge in [0.15, 0.2) is 0 Å². The Kier molecular flexibility index (Phi) is 3.71. The molecule has 2 aliphatic carbocycles. The Morgan fingerprint density at radius 1 is 1.24 bits per heavy atom. The average Bonchev–Trinajstić information content (AvgIpc) is 2.82. The van der Waals surface area contributed by atoms with Gasteiger partial charge in [-0.3, -0.25) is 4.79 Å². The van der Waals surface area contributed by atoms with Crippen molar-refractivity contribution in [3.8, 4) is 6.07 Å². The predicted molar refractivity (Wildman–Crippen MR) is 66.1 cm³/mol. The minimum atomic E-state index is -0.711. The highest BCUT2D eigenvalue weighted by molar-refractivity contribution is 5.86. The van der Waals surface area contributed by atoms with Crippen LogP contribution in [0.5, 0.6) is 0 Å². The Balaban J connectivity index is 1.98. The summed E-state index contributed by atoms with van der Waals surface area (Å²) < 4.78 is 0. The molecule has 0 aromatic rings. The second-order valence-corrected chi connectivity index (χ2v) is 5.74. The molecular formula is C14H22N2O. The fourth-order valence-electron chi connectivity index (χ4n) is 3.21. The van der Waals surface area contributed by atoms with Gasteiger partial charge in [0.2, 0.25) is 5.91 Å². The minimum absolute atomic E-state index is 0.00347. The van der Waals surface area contributed by atoms with Crippen LogP contribution >= 0.6 is 0 Å². The van der Waals surface area contributed by atoms with Crippen LogP contribution in [0, 0.1) is 22.7 Å². The largest absolute Gasteiger partial charge is 0.352 e. The lowest BCUT2D eigenvalue weighted by Gasteiger charge is -2.32. The molecule has 2 unspecified atom stereocenters. The molecule has 0 saturated heterocycles. The van der Waals surface area contributed by atoms with Gasteiger partial charge >= 0.3 is 0 Å². The van der Waals surface area contributed by atoms with E-state index in [4.69, 9.17) is 0 Å². The van der Waals surface area contributed by atoms with Gasteiger partial charge in [0.05, 0.1) is 6.07 Å². The molecule has 1 N–H and O–H groups in total. The molecule has 0 bridgehead atoms. The number of hydrogen-bond donors (Lipinski definition) is 1. The molecule has 3 nitrogen and oxygen atoms in total. The van der Waals surface area contributed by atoms with E-state index in [0.29, 0.717) is 12.0 Å². The molecule has 0 aliphatic heterocycles.